The third-order valence-electron chi connectivity index (χ3n) is 1.47. The van der Waals surface area contributed by atoms with Crippen LogP contribution in [0.4, 0.5) is 0 Å². The summed E-state index contributed by atoms with van der Waals surface area (Å²) in [4.78, 5) is 0. The van der Waals surface area contributed by atoms with Gasteiger partial charge in [-0.1, -0.05) is 28.1 Å². The molecule has 0 aromatic heterocycles. The molecule has 1 heterocycles. The van der Waals surface area contributed by atoms with Gasteiger partial charge in [0.05, 0.1) is 6.61 Å². The monoisotopic (exact) mass is 220 g/mol. The Morgan fingerprint density at radius 2 is 2.36 bits per heavy atom. The molecule has 3 heteroatoms. The topological polar surface area (TPSA) is 18.5 Å². The quantitative estimate of drug-likeness (QED) is 0.525. The van der Waals surface area contributed by atoms with Crippen LogP contribution in [0.5, 0.6) is 0 Å². The molecule has 1 aliphatic rings. The summed E-state index contributed by atoms with van der Waals surface area (Å²) < 4.78 is 10.9. The zero-order valence-corrected chi connectivity index (χ0v) is 8.43. The molecule has 0 spiro atoms. The summed E-state index contributed by atoms with van der Waals surface area (Å²) >= 11 is 3.30. The van der Waals surface area contributed by atoms with E-state index in [-0.39, 0.29) is 6.10 Å². The van der Waals surface area contributed by atoms with Crippen LogP contribution in [0.3, 0.4) is 0 Å². The Morgan fingerprint density at radius 3 is 2.82 bits per heavy atom. The molecule has 1 rings (SSSR count). The molecule has 1 aliphatic heterocycles. The van der Waals surface area contributed by atoms with Gasteiger partial charge in [0.25, 0.3) is 0 Å². The highest BCUT2D eigenvalue weighted by molar-refractivity contribution is 9.09. The smallest absolute Gasteiger partial charge is 0.163 e. The molecule has 0 aromatic carbocycles. The number of ether oxygens (including phenoxy) is 2. The summed E-state index contributed by atoms with van der Waals surface area (Å²) in [6.07, 6.45) is 4.17. The van der Waals surface area contributed by atoms with Crippen LogP contribution >= 0.6 is 15.9 Å². The van der Waals surface area contributed by atoms with E-state index < -0.39 is 5.79 Å². The minimum absolute atomic E-state index is 0.127. The molecule has 1 fully saturated rings. The lowest BCUT2D eigenvalue weighted by molar-refractivity contribution is -0.133. The summed E-state index contributed by atoms with van der Waals surface area (Å²) in [5.41, 5.74) is 0. The van der Waals surface area contributed by atoms with Gasteiger partial charge in [-0.25, -0.2) is 0 Å². The second-order valence-corrected chi connectivity index (χ2v) is 3.60. The Labute approximate surface area is 75.7 Å². The fraction of sp³-hybridized carbons (Fsp3) is 0.750. The maximum Gasteiger partial charge on any atom is 0.163 e. The second kappa shape index (κ2) is 3.70. The lowest BCUT2D eigenvalue weighted by Crippen LogP contribution is -2.20. The van der Waals surface area contributed by atoms with E-state index in [2.05, 4.69) is 15.9 Å². The first-order chi connectivity index (χ1) is 5.14. The molecule has 64 valence electrons. The van der Waals surface area contributed by atoms with Crippen molar-refractivity contribution in [1.82, 2.24) is 0 Å². The molecule has 1 atom stereocenters. The van der Waals surface area contributed by atoms with E-state index in [0.717, 1.165) is 5.33 Å². The molecule has 0 aromatic rings. The molecule has 2 nitrogen and oxygen atoms in total. The third kappa shape index (κ3) is 2.93. The van der Waals surface area contributed by atoms with Crippen LogP contribution in [0.2, 0.25) is 0 Å². The van der Waals surface area contributed by atoms with Gasteiger partial charge in [0.1, 0.15) is 6.10 Å². The number of rotatable bonds is 2. The van der Waals surface area contributed by atoms with Gasteiger partial charge in [0.15, 0.2) is 5.79 Å². The SMILES string of the molecule is CC1(C)OC[C@H](C=CCBr)O1. The minimum atomic E-state index is -0.401. The van der Waals surface area contributed by atoms with Gasteiger partial charge in [-0.15, -0.1) is 0 Å². The van der Waals surface area contributed by atoms with Crippen LogP contribution in [0.1, 0.15) is 13.8 Å². The average molecular weight is 221 g/mol. The van der Waals surface area contributed by atoms with Crippen molar-refractivity contribution in [3.63, 3.8) is 0 Å². The number of hydrogen-bond donors (Lipinski definition) is 0. The molecule has 0 unspecified atom stereocenters. The summed E-state index contributed by atoms with van der Waals surface area (Å²) in [7, 11) is 0. The van der Waals surface area contributed by atoms with Crippen LogP contribution in [-0.2, 0) is 9.47 Å². The van der Waals surface area contributed by atoms with Crippen LogP contribution in [0.25, 0.3) is 0 Å². The van der Waals surface area contributed by atoms with E-state index in [0.29, 0.717) is 6.61 Å². The molecule has 0 N–H and O–H groups in total. The maximum atomic E-state index is 5.52. The highest BCUT2D eigenvalue weighted by Crippen LogP contribution is 2.22. The Kier molecular flexibility index (Phi) is 3.10. The molecule has 0 amide bonds. The first-order valence-electron chi connectivity index (χ1n) is 3.68. The predicted octanol–water partition coefficient (Wildman–Crippen LogP) is 2.09. The van der Waals surface area contributed by atoms with Crippen molar-refractivity contribution in [3.8, 4) is 0 Å². The number of halogens is 1. The van der Waals surface area contributed by atoms with Gasteiger partial charge in [-0.3, -0.25) is 0 Å². The third-order valence-corrected chi connectivity index (χ3v) is 1.84. The first kappa shape index (κ1) is 9.23. The molecular weight excluding hydrogens is 208 g/mol. The highest BCUT2D eigenvalue weighted by Gasteiger charge is 2.30. The van der Waals surface area contributed by atoms with Gasteiger partial charge >= 0.3 is 0 Å². The van der Waals surface area contributed by atoms with Crippen LogP contribution in [0, 0.1) is 0 Å². The predicted molar refractivity (Wildman–Crippen MR) is 47.8 cm³/mol. The fourth-order valence-corrected chi connectivity index (χ4v) is 1.23. The van der Waals surface area contributed by atoms with E-state index in [1.165, 1.54) is 0 Å². The molecule has 1 saturated heterocycles. The summed E-state index contributed by atoms with van der Waals surface area (Å²) in [6, 6.07) is 0. The molecule has 0 radical (unpaired) electrons. The molecule has 0 aliphatic carbocycles. The van der Waals surface area contributed by atoms with Crippen LogP contribution in [0.15, 0.2) is 12.2 Å². The normalized spacial score (nSPS) is 29.9. The lowest BCUT2D eigenvalue weighted by atomic mass is 10.3. The molecule has 11 heavy (non-hydrogen) atoms. The summed E-state index contributed by atoms with van der Waals surface area (Å²) in [5, 5.41) is 0.868. The van der Waals surface area contributed by atoms with Gasteiger partial charge < -0.3 is 9.47 Å². The molecule has 0 saturated carbocycles. The van der Waals surface area contributed by atoms with Crippen molar-refractivity contribution < 1.29 is 9.47 Å². The maximum absolute atomic E-state index is 5.52. The first-order valence-corrected chi connectivity index (χ1v) is 4.80. The van der Waals surface area contributed by atoms with Crippen molar-refractivity contribution in [3.05, 3.63) is 12.2 Å². The van der Waals surface area contributed by atoms with E-state index in [1.807, 2.05) is 26.0 Å². The van der Waals surface area contributed by atoms with E-state index in [1.54, 1.807) is 0 Å². The van der Waals surface area contributed by atoms with Crippen molar-refractivity contribution in [2.24, 2.45) is 0 Å². The van der Waals surface area contributed by atoms with E-state index >= 15 is 0 Å². The molecular formula is C8H13BrO2. The van der Waals surface area contributed by atoms with Gasteiger partial charge in [-0.2, -0.15) is 0 Å². The molecule has 0 bridgehead atoms. The van der Waals surface area contributed by atoms with Crippen molar-refractivity contribution >= 4 is 15.9 Å². The largest absolute Gasteiger partial charge is 0.347 e. The highest BCUT2D eigenvalue weighted by atomic mass is 79.9. The van der Waals surface area contributed by atoms with Gasteiger partial charge in [0, 0.05) is 5.33 Å². The Balaban J connectivity index is 2.36. The van der Waals surface area contributed by atoms with Crippen molar-refractivity contribution in [2.75, 3.05) is 11.9 Å². The number of allylic oxidation sites excluding steroid dienone is 1. The average Bonchev–Trinajstić information content (AvgIpc) is 2.26. The second-order valence-electron chi connectivity index (χ2n) is 2.95. The van der Waals surface area contributed by atoms with E-state index in [4.69, 9.17) is 9.47 Å². The Morgan fingerprint density at radius 1 is 1.64 bits per heavy atom. The van der Waals surface area contributed by atoms with Crippen LogP contribution < -0.4 is 0 Å². The minimum Gasteiger partial charge on any atom is -0.347 e. The Bertz CT molecular complexity index is 154. The zero-order valence-electron chi connectivity index (χ0n) is 6.84. The van der Waals surface area contributed by atoms with Crippen LogP contribution in [-0.4, -0.2) is 23.8 Å². The summed E-state index contributed by atoms with van der Waals surface area (Å²) in [6.45, 7) is 4.51. The van der Waals surface area contributed by atoms with Crippen molar-refractivity contribution in [2.45, 2.75) is 25.7 Å². The zero-order chi connectivity index (χ0) is 8.32. The van der Waals surface area contributed by atoms with Gasteiger partial charge in [-0.05, 0) is 13.8 Å². The van der Waals surface area contributed by atoms with Crippen molar-refractivity contribution in [1.29, 1.82) is 0 Å². The van der Waals surface area contributed by atoms with Gasteiger partial charge in [0.2, 0.25) is 0 Å². The number of alkyl halides is 1. The Hall–Kier alpha value is 0.140. The summed E-state index contributed by atoms with van der Waals surface area (Å²) in [5.74, 6) is -0.401. The van der Waals surface area contributed by atoms with E-state index in [9.17, 15) is 0 Å². The standard InChI is InChI=1S/C8H13BrO2/c1-8(2)10-6-7(11-8)4-3-5-9/h3-4,7H,5-6H2,1-2H3/t7-/m0/s1. The lowest BCUT2D eigenvalue weighted by Gasteiger charge is -2.15. The fourth-order valence-electron chi connectivity index (χ4n) is 1.01. The number of hydrogen-bond acceptors (Lipinski definition) is 2.